The van der Waals surface area contributed by atoms with Crippen LogP contribution in [0.3, 0.4) is 0 Å². The number of halogens is 1. The first-order valence-electron chi connectivity index (χ1n) is 6.37. The van der Waals surface area contributed by atoms with Gasteiger partial charge < -0.3 is 4.42 Å². The molecule has 0 radical (unpaired) electrons. The summed E-state index contributed by atoms with van der Waals surface area (Å²) in [4.78, 5) is 12.7. The van der Waals surface area contributed by atoms with E-state index in [1.807, 2.05) is 30.3 Å². The minimum Gasteiger partial charge on any atom is -0.460 e. The molecule has 0 saturated heterocycles. The van der Waals surface area contributed by atoms with Crippen molar-refractivity contribution in [3.05, 3.63) is 69.8 Å². The molecule has 2 aromatic carbocycles. The van der Waals surface area contributed by atoms with Gasteiger partial charge in [0.25, 0.3) is 0 Å². The molecule has 0 N–H and O–H groups in total. The largest absolute Gasteiger partial charge is 0.460 e. The number of hydrogen-bond acceptors (Lipinski definition) is 2. The molecule has 0 aliphatic heterocycles. The number of hydrogen-bond donors (Lipinski definition) is 0. The first-order chi connectivity index (χ1) is 9.59. The molecule has 0 unspecified atom stereocenters. The van der Waals surface area contributed by atoms with Crippen LogP contribution >= 0.6 is 0 Å². The third-order valence-corrected chi connectivity index (χ3v) is 3.49. The summed E-state index contributed by atoms with van der Waals surface area (Å²) >= 11 is 0. The standard InChI is InChI=1S/C17H13FO2/c1-10-13(18)8-9-14-15(10)17(19)16(11(2)20-14)12-6-4-3-5-7-12/h3-9H,1-2H3. The Hall–Kier alpha value is -2.42. The summed E-state index contributed by atoms with van der Waals surface area (Å²) in [5.74, 6) is 0.146. The van der Waals surface area contributed by atoms with Crippen LogP contribution in [-0.2, 0) is 0 Å². The fraction of sp³-hybridized carbons (Fsp3) is 0.118. The van der Waals surface area contributed by atoms with Crippen molar-refractivity contribution in [2.75, 3.05) is 0 Å². The van der Waals surface area contributed by atoms with Crippen LogP contribution < -0.4 is 5.43 Å². The van der Waals surface area contributed by atoms with Crippen LogP contribution in [0.2, 0.25) is 0 Å². The van der Waals surface area contributed by atoms with Gasteiger partial charge in [0.15, 0.2) is 0 Å². The summed E-state index contributed by atoms with van der Waals surface area (Å²) < 4.78 is 19.4. The second kappa shape index (κ2) is 4.60. The van der Waals surface area contributed by atoms with Crippen molar-refractivity contribution < 1.29 is 8.81 Å². The van der Waals surface area contributed by atoms with Gasteiger partial charge in [0.1, 0.15) is 17.2 Å². The fourth-order valence-corrected chi connectivity index (χ4v) is 2.47. The number of fused-ring (bicyclic) bond motifs is 1. The highest BCUT2D eigenvalue weighted by Gasteiger charge is 2.16. The molecule has 100 valence electrons. The van der Waals surface area contributed by atoms with Crippen molar-refractivity contribution in [1.82, 2.24) is 0 Å². The smallest absolute Gasteiger partial charge is 0.201 e. The predicted molar refractivity (Wildman–Crippen MR) is 77.4 cm³/mol. The van der Waals surface area contributed by atoms with Gasteiger partial charge in [0.05, 0.1) is 10.9 Å². The van der Waals surface area contributed by atoms with E-state index in [2.05, 4.69) is 0 Å². The molecule has 0 fully saturated rings. The Morgan fingerprint density at radius 3 is 2.40 bits per heavy atom. The lowest BCUT2D eigenvalue weighted by atomic mass is 10.0. The van der Waals surface area contributed by atoms with Crippen LogP contribution in [0.15, 0.2) is 51.7 Å². The summed E-state index contributed by atoms with van der Waals surface area (Å²) in [6.07, 6.45) is 0. The summed E-state index contributed by atoms with van der Waals surface area (Å²) in [5.41, 5.74) is 1.84. The molecule has 3 heteroatoms. The van der Waals surface area contributed by atoms with E-state index in [-0.39, 0.29) is 5.43 Å². The molecular weight excluding hydrogens is 255 g/mol. The molecule has 1 heterocycles. The summed E-state index contributed by atoms with van der Waals surface area (Å²) in [6, 6.07) is 12.1. The first-order valence-corrected chi connectivity index (χ1v) is 6.37. The summed E-state index contributed by atoms with van der Waals surface area (Å²) in [5, 5.41) is 0.314. The molecule has 2 nitrogen and oxygen atoms in total. The molecule has 1 aromatic heterocycles. The number of rotatable bonds is 1. The van der Waals surface area contributed by atoms with E-state index in [9.17, 15) is 9.18 Å². The average Bonchev–Trinajstić information content (AvgIpc) is 2.44. The molecule has 0 amide bonds. The van der Waals surface area contributed by atoms with Crippen molar-refractivity contribution in [3.63, 3.8) is 0 Å². The highest BCUT2D eigenvalue weighted by molar-refractivity contribution is 5.85. The van der Waals surface area contributed by atoms with Crippen molar-refractivity contribution in [2.24, 2.45) is 0 Å². The first kappa shape index (κ1) is 12.6. The average molecular weight is 268 g/mol. The van der Waals surface area contributed by atoms with Gasteiger partial charge in [-0.1, -0.05) is 30.3 Å². The second-order valence-corrected chi connectivity index (χ2v) is 4.77. The predicted octanol–water partition coefficient (Wildman–Crippen LogP) is 4.22. The minimum absolute atomic E-state index is 0.188. The van der Waals surface area contributed by atoms with Gasteiger partial charge in [-0.3, -0.25) is 4.79 Å². The van der Waals surface area contributed by atoms with Crippen LogP contribution in [0.4, 0.5) is 4.39 Å². The van der Waals surface area contributed by atoms with E-state index in [0.29, 0.717) is 27.9 Å². The normalized spacial score (nSPS) is 10.9. The van der Waals surface area contributed by atoms with E-state index in [1.54, 1.807) is 13.8 Å². The van der Waals surface area contributed by atoms with Crippen molar-refractivity contribution in [2.45, 2.75) is 13.8 Å². The second-order valence-electron chi connectivity index (χ2n) is 4.77. The van der Waals surface area contributed by atoms with Crippen molar-refractivity contribution >= 4 is 11.0 Å². The molecule has 3 rings (SSSR count). The molecule has 0 aliphatic rings. The van der Waals surface area contributed by atoms with E-state index >= 15 is 0 Å². The Morgan fingerprint density at radius 2 is 1.70 bits per heavy atom. The van der Waals surface area contributed by atoms with E-state index in [4.69, 9.17) is 4.42 Å². The molecule has 0 bridgehead atoms. The van der Waals surface area contributed by atoms with Crippen LogP contribution in [0.5, 0.6) is 0 Å². The zero-order chi connectivity index (χ0) is 14.3. The highest BCUT2D eigenvalue weighted by Crippen LogP contribution is 2.26. The van der Waals surface area contributed by atoms with Gasteiger partial charge in [0, 0.05) is 0 Å². The number of benzene rings is 2. The quantitative estimate of drug-likeness (QED) is 0.661. The molecule has 0 aliphatic carbocycles. The SMILES string of the molecule is Cc1oc2ccc(F)c(C)c2c(=O)c1-c1ccccc1. The maximum Gasteiger partial charge on any atom is 0.201 e. The van der Waals surface area contributed by atoms with Crippen LogP contribution in [0.1, 0.15) is 11.3 Å². The van der Waals surface area contributed by atoms with E-state index in [0.717, 1.165) is 5.56 Å². The minimum atomic E-state index is -0.396. The van der Waals surface area contributed by atoms with Gasteiger partial charge in [-0.05, 0) is 37.1 Å². The highest BCUT2D eigenvalue weighted by atomic mass is 19.1. The van der Waals surface area contributed by atoms with Gasteiger partial charge in [0.2, 0.25) is 5.43 Å². The monoisotopic (exact) mass is 268 g/mol. The zero-order valence-electron chi connectivity index (χ0n) is 11.2. The molecule has 0 spiro atoms. The lowest BCUT2D eigenvalue weighted by molar-refractivity contribution is 0.563. The van der Waals surface area contributed by atoms with Crippen molar-refractivity contribution in [1.29, 1.82) is 0 Å². The van der Waals surface area contributed by atoms with Gasteiger partial charge in [-0.2, -0.15) is 0 Å². The maximum absolute atomic E-state index is 13.7. The zero-order valence-corrected chi connectivity index (χ0v) is 11.2. The van der Waals surface area contributed by atoms with E-state index in [1.165, 1.54) is 12.1 Å². The summed E-state index contributed by atoms with van der Waals surface area (Å²) in [7, 11) is 0. The Kier molecular flexibility index (Phi) is 2.90. The Bertz CT molecular complexity index is 848. The topological polar surface area (TPSA) is 30.2 Å². The van der Waals surface area contributed by atoms with Gasteiger partial charge in [-0.25, -0.2) is 4.39 Å². The summed E-state index contributed by atoms with van der Waals surface area (Å²) in [6.45, 7) is 3.35. The lowest BCUT2D eigenvalue weighted by Crippen LogP contribution is -2.09. The van der Waals surface area contributed by atoms with E-state index < -0.39 is 5.82 Å². The third-order valence-electron chi connectivity index (χ3n) is 3.49. The molecule has 0 atom stereocenters. The number of aryl methyl sites for hydroxylation is 2. The fourth-order valence-electron chi connectivity index (χ4n) is 2.47. The molecule has 3 aromatic rings. The molecular formula is C17H13FO2. The van der Waals surface area contributed by atoms with Crippen molar-refractivity contribution in [3.8, 4) is 11.1 Å². The molecule has 20 heavy (non-hydrogen) atoms. The van der Waals surface area contributed by atoms with Gasteiger partial charge >= 0.3 is 0 Å². The Balaban J connectivity index is 2.46. The molecule has 0 saturated carbocycles. The van der Waals surface area contributed by atoms with Crippen LogP contribution in [0.25, 0.3) is 22.1 Å². The van der Waals surface area contributed by atoms with Crippen LogP contribution in [0, 0.1) is 19.7 Å². The lowest BCUT2D eigenvalue weighted by Gasteiger charge is -2.08. The maximum atomic E-state index is 13.7. The van der Waals surface area contributed by atoms with Crippen LogP contribution in [-0.4, -0.2) is 0 Å². The Morgan fingerprint density at radius 1 is 1.00 bits per heavy atom. The third kappa shape index (κ3) is 1.83. The van der Waals surface area contributed by atoms with Gasteiger partial charge in [-0.15, -0.1) is 0 Å². The Labute approximate surface area is 115 Å².